The Morgan fingerprint density at radius 3 is 2.29 bits per heavy atom. The summed E-state index contributed by atoms with van der Waals surface area (Å²) >= 11 is 23.9. The zero-order valence-electron chi connectivity index (χ0n) is 16.4. The van der Waals surface area contributed by atoms with Gasteiger partial charge in [0.2, 0.25) is 10.0 Å². The maximum absolute atomic E-state index is 12.5. The summed E-state index contributed by atoms with van der Waals surface area (Å²) in [6, 6.07) is 9.62. The normalized spacial score (nSPS) is 16.9. The first-order chi connectivity index (χ1) is 14.7. The molecule has 0 aliphatic carbocycles. The van der Waals surface area contributed by atoms with Crippen molar-refractivity contribution in [2.45, 2.75) is 29.9 Å². The molecule has 1 heterocycles. The number of halogens is 4. The first kappa shape index (κ1) is 24.9. The number of benzene rings is 2. The standard InChI is InChI=1S/C20H22Cl4N2O4S/c21-16-5-4-15(10-19(16)24)30-14-6-8-26(9-7-14)12-13(27)11-25-31(28,29)20-17(22)2-1-3-18(20)23/h1-5,10,13-14,25,27H,6-9,11-12H2/t13-/m1/s1. The summed E-state index contributed by atoms with van der Waals surface area (Å²) in [4.78, 5) is 1.88. The van der Waals surface area contributed by atoms with Crippen LogP contribution in [0.3, 0.4) is 0 Å². The average molecular weight is 528 g/mol. The van der Waals surface area contributed by atoms with E-state index in [4.69, 9.17) is 51.1 Å². The fourth-order valence-electron chi connectivity index (χ4n) is 3.33. The van der Waals surface area contributed by atoms with Crippen LogP contribution in [0.25, 0.3) is 0 Å². The topological polar surface area (TPSA) is 78.9 Å². The van der Waals surface area contributed by atoms with Gasteiger partial charge >= 0.3 is 0 Å². The molecule has 2 N–H and O–H groups in total. The molecule has 1 atom stereocenters. The molecule has 1 aliphatic heterocycles. The third kappa shape index (κ3) is 6.85. The van der Waals surface area contributed by atoms with Crippen molar-refractivity contribution in [1.82, 2.24) is 9.62 Å². The van der Waals surface area contributed by atoms with Crippen LogP contribution < -0.4 is 9.46 Å². The number of β-amino-alcohol motifs (C(OH)–C–C–N with tert-alkyl or cyclic N) is 1. The number of nitrogens with one attached hydrogen (secondary N) is 1. The van der Waals surface area contributed by atoms with Gasteiger partial charge in [-0.2, -0.15) is 0 Å². The molecule has 2 aromatic rings. The molecule has 6 nitrogen and oxygen atoms in total. The fourth-order valence-corrected chi connectivity index (χ4v) is 5.83. The number of likely N-dealkylation sites (tertiary alicyclic amines) is 1. The fraction of sp³-hybridized carbons (Fsp3) is 0.400. The summed E-state index contributed by atoms with van der Waals surface area (Å²) in [7, 11) is -3.94. The van der Waals surface area contributed by atoms with E-state index in [0.717, 1.165) is 12.8 Å². The number of rotatable bonds is 8. The third-order valence-corrected chi connectivity index (χ3v) is 8.01. The summed E-state index contributed by atoms with van der Waals surface area (Å²) in [5, 5.41) is 11.3. The predicted octanol–water partition coefficient (Wildman–Crippen LogP) is 4.48. The highest BCUT2D eigenvalue weighted by molar-refractivity contribution is 7.89. The second kappa shape index (κ2) is 10.9. The Morgan fingerprint density at radius 1 is 1.03 bits per heavy atom. The maximum atomic E-state index is 12.5. The Morgan fingerprint density at radius 2 is 1.68 bits per heavy atom. The first-order valence-corrected chi connectivity index (χ1v) is 12.6. The Hall–Kier alpha value is -0.770. The van der Waals surface area contributed by atoms with E-state index in [1.165, 1.54) is 12.1 Å². The largest absolute Gasteiger partial charge is 0.490 e. The van der Waals surface area contributed by atoms with E-state index in [1.54, 1.807) is 24.3 Å². The predicted molar refractivity (Wildman–Crippen MR) is 124 cm³/mol. The van der Waals surface area contributed by atoms with E-state index in [0.29, 0.717) is 35.4 Å². The van der Waals surface area contributed by atoms with Crippen LogP contribution in [0, 0.1) is 0 Å². The van der Waals surface area contributed by atoms with Crippen molar-refractivity contribution in [2.75, 3.05) is 26.2 Å². The molecule has 0 unspecified atom stereocenters. The minimum absolute atomic E-state index is 0.0264. The van der Waals surface area contributed by atoms with Crippen LogP contribution in [0.4, 0.5) is 0 Å². The van der Waals surface area contributed by atoms with Crippen LogP contribution >= 0.6 is 46.4 Å². The molecule has 170 valence electrons. The van der Waals surface area contributed by atoms with Crippen molar-refractivity contribution in [3.8, 4) is 5.75 Å². The van der Waals surface area contributed by atoms with Gasteiger partial charge in [-0.25, -0.2) is 13.1 Å². The highest BCUT2D eigenvalue weighted by Gasteiger charge is 2.25. The smallest absolute Gasteiger partial charge is 0.243 e. The number of aliphatic hydroxyl groups is 1. The maximum Gasteiger partial charge on any atom is 0.243 e. The molecule has 31 heavy (non-hydrogen) atoms. The minimum Gasteiger partial charge on any atom is -0.490 e. The lowest BCUT2D eigenvalue weighted by molar-refractivity contribution is 0.0630. The molecule has 0 amide bonds. The van der Waals surface area contributed by atoms with Crippen molar-refractivity contribution in [3.63, 3.8) is 0 Å². The van der Waals surface area contributed by atoms with E-state index in [2.05, 4.69) is 9.62 Å². The molecule has 0 aromatic heterocycles. The number of piperidine rings is 1. The molecule has 0 spiro atoms. The Bertz CT molecular complexity index is 994. The zero-order valence-corrected chi connectivity index (χ0v) is 20.2. The quantitative estimate of drug-likeness (QED) is 0.529. The van der Waals surface area contributed by atoms with E-state index < -0.39 is 16.1 Å². The molecular weight excluding hydrogens is 506 g/mol. The highest BCUT2D eigenvalue weighted by atomic mass is 35.5. The molecule has 3 rings (SSSR count). The van der Waals surface area contributed by atoms with Gasteiger partial charge in [0.25, 0.3) is 0 Å². The van der Waals surface area contributed by atoms with E-state index in [1.807, 2.05) is 0 Å². The molecule has 0 bridgehead atoms. The van der Waals surface area contributed by atoms with Crippen molar-refractivity contribution in [3.05, 3.63) is 56.5 Å². The highest BCUT2D eigenvalue weighted by Crippen LogP contribution is 2.29. The second-order valence-electron chi connectivity index (χ2n) is 7.25. The zero-order chi connectivity index (χ0) is 22.6. The molecule has 0 saturated carbocycles. The Balaban J connectivity index is 1.45. The van der Waals surface area contributed by atoms with Crippen molar-refractivity contribution in [2.24, 2.45) is 0 Å². The second-order valence-corrected chi connectivity index (χ2v) is 10.6. The molecule has 1 saturated heterocycles. The summed E-state index contributed by atoms with van der Waals surface area (Å²) in [5.74, 6) is 0.667. The number of ether oxygens (including phenoxy) is 1. The Labute approximate surface area is 202 Å². The molecular formula is C20H22Cl4N2O4S. The number of hydrogen-bond donors (Lipinski definition) is 2. The van der Waals surface area contributed by atoms with Gasteiger partial charge in [-0.3, -0.25) is 0 Å². The van der Waals surface area contributed by atoms with E-state index >= 15 is 0 Å². The molecule has 1 fully saturated rings. The number of hydrogen-bond acceptors (Lipinski definition) is 5. The molecule has 1 aliphatic rings. The third-order valence-electron chi connectivity index (χ3n) is 4.89. The van der Waals surface area contributed by atoms with Crippen molar-refractivity contribution < 1.29 is 18.3 Å². The summed E-state index contributed by atoms with van der Waals surface area (Å²) < 4.78 is 33.3. The van der Waals surface area contributed by atoms with Crippen LogP contribution in [0.5, 0.6) is 5.75 Å². The average Bonchev–Trinajstić information content (AvgIpc) is 2.70. The lowest BCUT2D eigenvalue weighted by Crippen LogP contribution is -2.45. The molecule has 2 aromatic carbocycles. The number of aliphatic hydroxyl groups excluding tert-OH is 1. The summed E-state index contributed by atoms with van der Waals surface area (Å²) in [6.45, 7) is 1.61. The monoisotopic (exact) mass is 526 g/mol. The van der Waals surface area contributed by atoms with Crippen molar-refractivity contribution >= 4 is 56.4 Å². The first-order valence-electron chi connectivity index (χ1n) is 9.61. The molecule has 0 radical (unpaired) electrons. The van der Waals surface area contributed by atoms with Crippen molar-refractivity contribution in [1.29, 1.82) is 0 Å². The van der Waals surface area contributed by atoms with Crippen LogP contribution in [0.2, 0.25) is 20.1 Å². The van der Waals surface area contributed by atoms with Gasteiger partial charge in [0.1, 0.15) is 16.7 Å². The lowest BCUT2D eigenvalue weighted by Gasteiger charge is -2.33. The van der Waals surface area contributed by atoms with Gasteiger partial charge in [0.15, 0.2) is 0 Å². The van der Waals surface area contributed by atoms with E-state index in [-0.39, 0.29) is 27.6 Å². The van der Waals surface area contributed by atoms with Crippen LogP contribution in [-0.2, 0) is 10.0 Å². The van der Waals surface area contributed by atoms with Gasteiger partial charge in [0.05, 0.1) is 26.2 Å². The van der Waals surface area contributed by atoms with Gasteiger partial charge in [-0.05, 0) is 37.1 Å². The molecule has 11 heteroatoms. The minimum atomic E-state index is -3.94. The van der Waals surface area contributed by atoms with Gasteiger partial charge in [-0.1, -0.05) is 52.5 Å². The van der Waals surface area contributed by atoms with Gasteiger partial charge in [0, 0.05) is 32.2 Å². The van der Waals surface area contributed by atoms with Gasteiger partial charge in [-0.15, -0.1) is 0 Å². The van der Waals surface area contributed by atoms with Gasteiger partial charge < -0.3 is 14.7 Å². The van der Waals surface area contributed by atoms with Crippen LogP contribution in [-0.4, -0.2) is 56.8 Å². The van der Waals surface area contributed by atoms with E-state index in [9.17, 15) is 13.5 Å². The summed E-state index contributed by atoms with van der Waals surface area (Å²) in [6.07, 6.45) is 0.692. The van der Waals surface area contributed by atoms with Crippen LogP contribution in [0.1, 0.15) is 12.8 Å². The SMILES string of the molecule is O=S(=O)(NC[C@@H](O)CN1CCC(Oc2ccc(Cl)c(Cl)c2)CC1)c1c(Cl)cccc1Cl. The summed E-state index contributed by atoms with van der Waals surface area (Å²) in [5.41, 5.74) is 0. The number of nitrogens with zero attached hydrogens (tertiary/aromatic N) is 1. The van der Waals surface area contributed by atoms with Crippen LogP contribution in [0.15, 0.2) is 41.3 Å². The Kier molecular flexibility index (Phi) is 8.74. The number of sulfonamides is 1. The lowest BCUT2D eigenvalue weighted by atomic mass is 10.1.